The molecule has 0 saturated carbocycles. The Morgan fingerprint density at radius 1 is 1.11 bits per heavy atom. The highest BCUT2D eigenvalue weighted by Gasteiger charge is 2.31. The maximum Gasteiger partial charge on any atom is 0.416 e. The lowest BCUT2D eigenvalue weighted by Crippen LogP contribution is -2.39. The van der Waals surface area contributed by atoms with Crippen LogP contribution in [-0.4, -0.2) is 60.4 Å². The predicted octanol–water partition coefficient (Wildman–Crippen LogP) is 4.60. The molecule has 0 radical (unpaired) electrons. The summed E-state index contributed by atoms with van der Waals surface area (Å²) in [5.74, 6) is -1.49. The van der Waals surface area contributed by atoms with Crippen molar-refractivity contribution in [2.24, 2.45) is 0 Å². The van der Waals surface area contributed by atoms with E-state index in [1.807, 2.05) is 0 Å². The van der Waals surface area contributed by atoms with E-state index in [4.69, 9.17) is 5.11 Å². The van der Waals surface area contributed by atoms with Crippen LogP contribution < -0.4 is 0 Å². The third-order valence-corrected chi connectivity index (χ3v) is 7.66. The van der Waals surface area contributed by atoms with Crippen LogP contribution in [0.3, 0.4) is 0 Å². The lowest BCUT2D eigenvalue weighted by molar-refractivity contribution is -0.137. The van der Waals surface area contributed by atoms with Crippen LogP contribution >= 0.6 is 11.8 Å². The second-order valence-corrected chi connectivity index (χ2v) is 10.3. The molecule has 4 rings (SSSR count). The minimum absolute atomic E-state index is 0.000898. The van der Waals surface area contributed by atoms with Crippen LogP contribution in [0.4, 0.5) is 17.6 Å². The van der Waals surface area contributed by atoms with Gasteiger partial charge in [0.1, 0.15) is 5.82 Å². The van der Waals surface area contributed by atoms with Crippen LogP contribution in [0.1, 0.15) is 52.1 Å². The van der Waals surface area contributed by atoms with Crippen molar-refractivity contribution in [2.75, 3.05) is 13.1 Å². The van der Waals surface area contributed by atoms with Crippen LogP contribution in [0, 0.1) is 12.7 Å². The minimum Gasteiger partial charge on any atom is -0.478 e. The number of carbonyl (C=O) groups excluding carboxylic acids is 1. The molecule has 0 aliphatic carbocycles. The van der Waals surface area contributed by atoms with Gasteiger partial charge in [-0.25, -0.2) is 9.18 Å². The second-order valence-electron chi connectivity index (χ2n) is 9.00. The van der Waals surface area contributed by atoms with Crippen molar-refractivity contribution < 1.29 is 32.3 Å². The summed E-state index contributed by atoms with van der Waals surface area (Å²) in [5.41, 5.74) is 0.0762. The molecule has 38 heavy (non-hydrogen) atoms. The Morgan fingerprint density at radius 3 is 2.45 bits per heavy atom. The van der Waals surface area contributed by atoms with E-state index in [9.17, 15) is 27.2 Å². The number of nitrogens with zero attached hydrogens (tertiary/aromatic N) is 5. The zero-order valence-corrected chi connectivity index (χ0v) is 21.2. The van der Waals surface area contributed by atoms with E-state index in [-0.39, 0.29) is 36.1 Å². The number of aryl methyl sites for hydroxylation is 2. The van der Waals surface area contributed by atoms with Gasteiger partial charge in [-0.05, 0) is 72.9 Å². The smallest absolute Gasteiger partial charge is 0.416 e. The van der Waals surface area contributed by atoms with E-state index in [1.165, 1.54) is 34.8 Å². The fourth-order valence-corrected chi connectivity index (χ4v) is 5.39. The van der Waals surface area contributed by atoms with Crippen molar-refractivity contribution in [2.45, 2.75) is 55.5 Å². The van der Waals surface area contributed by atoms with Crippen LogP contribution in [0.5, 0.6) is 0 Å². The molecule has 1 aliphatic heterocycles. The number of hydrogen-bond donors (Lipinski definition) is 1. The average Bonchev–Trinajstić information content (AvgIpc) is 3.28. The zero-order valence-electron chi connectivity index (χ0n) is 20.4. The van der Waals surface area contributed by atoms with Gasteiger partial charge < -0.3 is 10.0 Å². The van der Waals surface area contributed by atoms with E-state index in [1.54, 1.807) is 11.8 Å². The SMILES string of the molecule is Cc1nnn(Cc2cc(C(F)(F)F)ccc2CCC(=O)N2CCC(Sc3ccc(C(=O)O)cc3F)CC2)n1. The lowest BCUT2D eigenvalue weighted by atomic mass is 9.99. The first-order chi connectivity index (χ1) is 18.0. The third-order valence-electron chi connectivity index (χ3n) is 6.27. The molecule has 202 valence electrons. The minimum atomic E-state index is -4.50. The number of thioether (sulfide) groups is 1. The molecule has 1 N–H and O–H groups in total. The maximum atomic E-state index is 14.3. The van der Waals surface area contributed by atoms with Crippen LogP contribution in [-0.2, 0) is 23.9 Å². The van der Waals surface area contributed by atoms with Gasteiger partial charge in [-0.15, -0.1) is 22.0 Å². The van der Waals surface area contributed by atoms with E-state index in [2.05, 4.69) is 15.4 Å². The number of amides is 1. The number of hydrogen-bond acceptors (Lipinski definition) is 6. The van der Waals surface area contributed by atoms with Gasteiger partial charge in [-0.2, -0.15) is 18.0 Å². The predicted molar refractivity (Wildman–Crippen MR) is 130 cm³/mol. The largest absolute Gasteiger partial charge is 0.478 e. The number of carboxylic acid groups (broad SMARTS) is 1. The number of benzene rings is 2. The molecular formula is C25H25F4N5O3S. The summed E-state index contributed by atoms with van der Waals surface area (Å²) >= 11 is 1.33. The van der Waals surface area contributed by atoms with Gasteiger partial charge in [-0.1, -0.05) is 6.07 Å². The lowest BCUT2D eigenvalue weighted by Gasteiger charge is -2.32. The molecule has 0 bridgehead atoms. The second kappa shape index (κ2) is 11.5. The van der Waals surface area contributed by atoms with Crippen molar-refractivity contribution in [3.05, 3.63) is 70.3 Å². The monoisotopic (exact) mass is 551 g/mol. The van der Waals surface area contributed by atoms with Crippen LogP contribution in [0.15, 0.2) is 41.3 Å². The fourth-order valence-electron chi connectivity index (χ4n) is 4.27. The van der Waals surface area contributed by atoms with Gasteiger partial charge >= 0.3 is 12.1 Å². The molecule has 13 heteroatoms. The number of likely N-dealkylation sites (tertiary alicyclic amines) is 1. The molecular weight excluding hydrogens is 526 g/mol. The Kier molecular flexibility index (Phi) is 8.34. The number of halogens is 4. The first kappa shape index (κ1) is 27.6. The Bertz CT molecular complexity index is 1320. The van der Waals surface area contributed by atoms with Crippen molar-refractivity contribution in [3.8, 4) is 0 Å². The Hall–Kier alpha value is -3.48. The molecule has 0 spiro atoms. The van der Waals surface area contributed by atoms with Crippen molar-refractivity contribution in [1.82, 2.24) is 25.1 Å². The number of aromatic nitrogens is 4. The van der Waals surface area contributed by atoms with Crippen molar-refractivity contribution in [1.29, 1.82) is 0 Å². The Balaban J connectivity index is 1.34. The first-order valence-corrected chi connectivity index (χ1v) is 12.8. The topological polar surface area (TPSA) is 101 Å². The van der Waals surface area contributed by atoms with Gasteiger partial charge in [0.15, 0.2) is 5.82 Å². The quantitative estimate of drug-likeness (QED) is 0.409. The summed E-state index contributed by atoms with van der Waals surface area (Å²) in [7, 11) is 0. The van der Waals surface area contributed by atoms with Gasteiger partial charge in [0.2, 0.25) is 5.91 Å². The molecule has 3 aromatic rings. The Morgan fingerprint density at radius 2 is 1.84 bits per heavy atom. The molecule has 0 atom stereocenters. The Labute approximate surface area is 220 Å². The van der Waals surface area contributed by atoms with Crippen molar-refractivity contribution in [3.63, 3.8) is 0 Å². The molecule has 2 heterocycles. The molecule has 1 aliphatic rings. The standard InChI is InChI=1S/C25H25F4N5O3S/c1-15-30-32-34(31-15)14-18-12-19(25(27,28)29)5-2-16(18)4-7-23(35)33-10-8-20(9-11-33)38-22-6-3-17(24(36)37)13-21(22)26/h2-3,5-6,12-13,20H,4,7-11,14H2,1H3,(H,36,37). The third kappa shape index (κ3) is 6.88. The molecule has 1 fully saturated rings. The normalized spacial score (nSPS) is 14.6. The summed E-state index contributed by atoms with van der Waals surface area (Å²) in [6.07, 6.45) is -2.84. The number of rotatable bonds is 8. The number of alkyl halides is 3. The van der Waals surface area contributed by atoms with Gasteiger partial charge in [0, 0.05) is 29.7 Å². The number of carboxylic acids is 1. The van der Waals surface area contributed by atoms with E-state index < -0.39 is 23.5 Å². The number of tetrazole rings is 1. The van der Waals surface area contributed by atoms with Crippen LogP contribution in [0.25, 0.3) is 0 Å². The highest BCUT2D eigenvalue weighted by Crippen LogP contribution is 2.33. The van der Waals surface area contributed by atoms with E-state index >= 15 is 0 Å². The molecule has 1 saturated heterocycles. The summed E-state index contributed by atoms with van der Waals surface area (Å²) < 4.78 is 54.1. The van der Waals surface area contributed by atoms with Gasteiger partial charge in [0.05, 0.1) is 17.7 Å². The summed E-state index contributed by atoms with van der Waals surface area (Å²) in [6.45, 7) is 2.59. The van der Waals surface area contributed by atoms with Gasteiger partial charge in [0.25, 0.3) is 0 Å². The molecule has 1 aromatic heterocycles. The number of piperidine rings is 1. The highest BCUT2D eigenvalue weighted by atomic mass is 32.2. The zero-order chi connectivity index (χ0) is 27.4. The van der Waals surface area contributed by atoms with Crippen LogP contribution in [0.2, 0.25) is 0 Å². The van der Waals surface area contributed by atoms with Gasteiger partial charge in [-0.3, -0.25) is 4.79 Å². The van der Waals surface area contributed by atoms with E-state index in [0.717, 1.165) is 18.2 Å². The van der Waals surface area contributed by atoms with E-state index in [0.29, 0.717) is 47.8 Å². The number of aromatic carboxylic acids is 1. The molecule has 0 unspecified atom stereocenters. The fraction of sp³-hybridized carbons (Fsp3) is 0.400. The summed E-state index contributed by atoms with van der Waals surface area (Å²) in [6, 6.07) is 7.28. The maximum absolute atomic E-state index is 14.3. The summed E-state index contributed by atoms with van der Waals surface area (Å²) in [4.78, 5) is 27.2. The molecule has 1 amide bonds. The summed E-state index contributed by atoms with van der Waals surface area (Å²) in [5, 5.41) is 20.7. The molecule has 2 aromatic carbocycles. The number of carbonyl (C=O) groups is 2. The molecule has 8 nitrogen and oxygen atoms in total. The average molecular weight is 552 g/mol. The van der Waals surface area contributed by atoms with Crippen molar-refractivity contribution >= 4 is 23.6 Å². The highest BCUT2D eigenvalue weighted by molar-refractivity contribution is 8.00. The first-order valence-electron chi connectivity index (χ1n) is 11.9.